The molecule has 4 fully saturated rings. The number of piperidine rings is 2. The molecule has 0 aromatic heterocycles. The van der Waals surface area contributed by atoms with Gasteiger partial charge in [-0.05, 0) is 111 Å². The zero-order chi connectivity index (χ0) is 46.8. The van der Waals surface area contributed by atoms with Crippen molar-refractivity contribution in [2.75, 3.05) is 26.2 Å². The van der Waals surface area contributed by atoms with Crippen LogP contribution < -0.4 is 9.47 Å². The minimum atomic E-state index is -1.05. The second-order valence-corrected chi connectivity index (χ2v) is 20.9. The lowest BCUT2D eigenvalue weighted by Crippen LogP contribution is -2.78. The fraction of sp³-hybridized carbons (Fsp3) is 0.444. The van der Waals surface area contributed by atoms with E-state index in [0.717, 1.165) is 35.3 Å². The average Bonchev–Trinajstić information content (AvgIpc) is 4.06. The van der Waals surface area contributed by atoms with Crippen molar-refractivity contribution < 1.29 is 48.3 Å². The Balaban J connectivity index is 0.000000134. The molecule has 6 aliphatic heterocycles. The average molecular weight is 925 g/mol. The Morgan fingerprint density at radius 3 is 1.68 bits per heavy atom. The van der Waals surface area contributed by atoms with Crippen LogP contribution in [0.2, 0.25) is 0 Å². The fourth-order valence-electron chi connectivity index (χ4n) is 15.8. The molecule has 0 radical (unpaired) electrons. The predicted octanol–water partition coefficient (Wildman–Crippen LogP) is 5.79. The molecule has 2 saturated carbocycles. The van der Waals surface area contributed by atoms with E-state index in [9.17, 15) is 38.8 Å². The maximum Gasteiger partial charge on any atom is 0.257 e. The summed E-state index contributed by atoms with van der Waals surface area (Å²) in [5, 5.41) is 46.4. The lowest BCUT2D eigenvalue weighted by atomic mass is 9.48. The van der Waals surface area contributed by atoms with Crippen LogP contribution in [-0.2, 0) is 36.8 Å². The summed E-state index contributed by atoms with van der Waals surface area (Å²) in [6.45, 7) is 11.3. The Labute approximate surface area is 392 Å². The summed E-state index contributed by atoms with van der Waals surface area (Å²) < 4.78 is 42.2. The van der Waals surface area contributed by atoms with Gasteiger partial charge in [0.25, 0.3) is 11.8 Å². The van der Waals surface area contributed by atoms with Gasteiger partial charge in [-0.15, -0.1) is 13.2 Å². The largest absolute Gasteiger partial charge is 0.504 e. The Kier molecular flexibility index (Phi) is 8.95. The van der Waals surface area contributed by atoms with Crippen LogP contribution in [0.15, 0.2) is 86.0 Å². The van der Waals surface area contributed by atoms with Crippen molar-refractivity contribution in [3.8, 4) is 23.0 Å². The van der Waals surface area contributed by atoms with E-state index in [4.69, 9.17) is 9.47 Å². The van der Waals surface area contributed by atoms with Gasteiger partial charge in [0.15, 0.2) is 23.0 Å². The summed E-state index contributed by atoms with van der Waals surface area (Å²) in [7, 11) is 0. The van der Waals surface area contributed by atoms with Crippen LogP contribution >= 0.6 is 0 Å². The maximum atomic E-state index is 14.6. The fourth-order valence-corrected chi connectivity index (χ4v) is 15.8. The summed E-state index contributed by atoms with van der Waals surface area (Å²) in [6, 6.07) is 15.8. The number of aliphatic hydroxyl groups is 2. The van der Waals surface area contributed by atoms with Gasteiger partial charge >= 0.3 is 0 Å². The van der Waals surface area contributed by atoms with Crippen molar-refractivity contribution >= 4 is 11.8 Å². The van der Waals surface area contributed by atoms with Crippen molar-refractivity contribution in [1.82, 2.24) is 19.6 Å². The summed E-state index contributed by atoms with van der Waals surface area (Å²) in [4.78, 5) is 34.9. The maximum absolute atomic E-state index is 14.6. The molecule has 352 valence electrons. The zero-order valence-electron chi connectivity index (χ0n) is 37.7. The predicted molar refractivity (Wildman–Crippen MR) is 245 cm³/mol. The minimum absolute atomic E-state index is 0.0673. The Morgan fingerprint density at radius 2 is 1.16 bits per heavy atom. The van der Waals surface area contributed by atoms with E-state index >= 15 is 0 Å². The number of nitrogens with zero attached hydrogens (tertiary/aromatic N) is 4. The molecular formula is C54H54F2N4O8. The highest BCUT2D eigenvalue weighted by atomic mass is 19.1. The number of hydrogen-bond donors (Lipinski definition) is 4. The van der Waals surface area contributed by atoms with Crippen LogP contribution in [-0.4, -0.2) is 126 Å². The van der Waals surface area contributed by atoms with E-state index in [2.05, 4.69) is 23.0 Å². The second-order valence-electron chi connectivity index (χ2n) is 20.9. The van der Waals surface area contributed by atoms with Gasteiger partial charge in [0.1, 0.15) is 23.8 Å². The number of carbonyl (C=O) groups excluding carboxylic acids is 2. The Morgan fingerprint density at radius 1 is 0.647 bits per heavy atom. The molecule has 4 aromatic rings. The van der Waals surface area contributed by atoms with E-state index in [1.807, 2.05) is 24.3 Å². The first-order valence-corrected chi connectivity index (χ1v) is 24.2. The molecule has 6 heterocycles. The lowest BCUT2D eigenvalue weighted by Gasteiger charge is -2.64. The van der Waals surface area contributed by atoms with Crippen LogP contribution in [0.25, 0.3) is 0 Å². The molecule has 10 atom stereocenters. The van der Waals surface area contributed by atoms with E-state index in [1.54, 1.807) is 46.2 Å². The van der Waals surface area contributed by atoms with Gasteiger partial charge in [0.05, 0.1) is 46.2 Å². The molecule has 2 amide bonds. The number of halogens is 2. The highest BCUT2D eigenvalue weighted by Gasteiger charge is 2.75. The number of fused-ring (bicyclic) bond motifs is 2. The SMILES string of the molecule is C=CCN1CC[C@]23c4c5ccc(O)c4O[C@H]2[C@H](N2Cc4c(F)cccc4C2=O)CC[C@@]3(O)[C@H]1C5.C=CCN1CC[C@]23c4c5ccc(O)c4O[C@H]2[C@H](N2Cc4cccc(F)c4C2=O)CC[C@@]3(O)[C@H]1C5. The molecule has 4 aromatic carbocycles. The van der Waals surface area contributed by atoms with Crippen molar-refractivity contribution in [1.29, 1.82) is 0 Å². The number of ether oxygens (including phenoxy) is 2. The van der Waals surface area contributed by atoms with Gasteiger partial charge in [0.2, 0.25) is 0 Å². The zero-order valence-corrected chi connectivity index (χ0v) is 37.7. The molecule has 2 saturated heterocycles. The van der Waals surface area contributed by atoms with E-state index in [0.29, 0.717) is 99.2 Å². The number of hydrogen-bond acceptors (Lipinski definition) is 10. The number of carbonyl (C=O) groups is 2. The van der Waals surface area contributed by atoms with Gasteiger partial charge < -0.3 is 39.7 Å². The van der Waals surface area contributed by atoms with Crippen LogP contribution in [0, 0.1) is 11.6 Å². The summed E-state index contributed by atoms with van der Waals surface area (Å²) in [5.41, 5.74) is 2.08. The molecule has 4 bridgehead atoms. The number of phenolic OH excluding ortho intramolecular Hbond substituents is 2. The molecule has 2 spiro atoms. The Hall–Kier alpha value is -5.80. The number of benzene rings is 4. The summed E-state index contributed by atoms with van der Waals surface area (Å²) in [5.74, 6) is -0.360. The standard InChI is InChI=1S/2C27H27FN2O4/c1-2-11-29-12-10-26-22-15-6-7-20(31)23(22)34-24(26)19(8-9-27(26,33)21(29)13-15)30-14-17-16(25(30)32)4-3-5-18(17)28;1-2-11-29-12-10-26-22-15-6-7-19(31)23(22)34-24(26)18(8-9-27(26,33)20(29)13-15)30-14-16-4-3-5-17(28)21(16)25(30)32/h2-7,19,21,24,31,33H,1,8-14H2;2-7,18,20,24,31,33H,1,8-14H2/t19-,21-,24+,26+,27-;18-,20-,24+,26+,27-/m11/s1. The molecule has 12 nitrogen and oxygen atoms in total. The summed E-state index contributed by atoms with van der Waals surface area (Å²) >= 11 is 0. The normalized spacial score (nSPS) is 35.1. The molecule has 4 N–H and O–H groups in total. The third-order valence-corrected chi connectivity index (χ3v) is 18.5. The van der Waals surface area contributed by atoms with Crippen LogP contribution in [0.3, 0.4) is 0 Å². The third-order valence-electron chi connectivity index (χ3n) is 18.5. The Bertz CT molecular complexity index is 2790. The molecule has 0 unspecified atom stereocenters. The van der Waals surface area contributed by atoms with Crippen LogP contribution in [0.1, 0.15) is 92.6 Å². The molecule has 68 heavy (non-hydrogen) atoms. The van der Waals surface area contributed by atoms with Gasteiger partial charge in [-0.3, -0.25) is 19.4 Å². The smallest absolute Gasteiger partial charge is 0.257 e. The van der Waals surface area contributed by atoms with Crippen LogP contribution in [0.4, 0.5) is 8.78 Å². The summed E-state index contributed by atoms with van der Waals surface area (Å²) in [6.07, 6.45) is 7.50. The van der Waals surface area contributed by atoms with Gasteiger partial charge in [0, 0.05) is 54.0 Å². The lowest BCUT2D eigenvalue weighted by molar-refractivity contribution is -0.196. The number of phenols is 2. The highest BCUT2D eigenvalue weighted by Crippen LogP contribution is 2.68. The van der Waals surface area contributed by atoms with Gasteiger partial charge in [-0.25, -0.2) is 8.78 Å². The first-order chi connectivity index (χ1) is 32.8. The van der Waals surface area contributed by atoms with Crippen molar-refractivity contribution in [3.63, 3.8) is 0 Å². The molecule has 4 aliphatic carbocycles. The molecule has 10 aliphatic rings. The molecule has 14 rings (SSSR count). The van der Waals surface area contributed by atoms with E-state index in [-0.39, 0.29) is 65.4 Å². The number of aromatic hydroxyl groups is 2. The second kappa shape index (κ2) is 14.4. The van der Waals surface area contributed by atoms with Crippen molar-refractivity contribution in [2.24, 2.45) is 0 Å². The number of rotatable bonds is 6. The topological polar surface area (TPSA) is 146 Å². The third kappa shape index (κ3) is 5.06. The van der Waals surface area contributed by atoms with E-state index in [1.165, 1.54) is 12.1 Å². The van der Waals surface area contributed by atoms with Crippen molar-refractivity contribution in [3.05, 3.63) is 142 Å². The van der Waals surface area contributed by atoms with Gasteiger partial charge in [-0.2, -0.15) is 0 Å². The minimum Gasteiger partial charge on any atom is -0.504 e. The monoisotopic (exact) mass is 924 g/mol. The highest BCUT2D eigenvalue weighted by molar-refractivity contribution is 5.99. The van der Waals surface area contributed by atoms with Crippen LogP contribution in [0.5, 0.6) is 23.0 Å². The van der Waals surface area contributed by atoms with Gasteiger partial charge in [-0.1, -0.05) is 42.5 Å². The van der Waals surface area contributed by atoms with E-state index < -0.39 is 40.1 Å². The number of amides is 2. The first-order valence-electron chi connectivity index (χ1n) is 24.2. The van der Waals surface area contributed by atoms with Crippen molar-refractivity contribution in [2.45, 2.75) is 123 Å². The molecule has 14 heteroatoms. The number of likely N-dealkylation sites (tertiary alicyclic amines) is 2. The quantitative estimate of drug-likeness (QED) is 0.176. The first kappa shape index (κ1) is 42.3. The molecular weight excluding hydrogens is 871 g/mol.